The third-order valence-corrected chi connectivity index (χ3v) is 6.62. The molecule has 156 valence electrons. The van der Waals surface area contributed by atoms with Crippen LogP contribution in [0.3, 0.4) is 0 Å². The maximum Gasteiger partial charge on any atom is 0.229 e. The molecule has 0 atom stereocenters. The SMILES string of the molecule is Cc1ccc2nc(NC(=O)C3CCN(c4ccc(-c5ccccc5)nn4)CC3)sc2c1. The van der Waals surface area contributed by atoms with E-state index in [1.807, 2.05) is 54.6 Å². The number of thiazole rings is 1. The summed E-state index contributed by atoms with van der Waals surface area (Å²) in [4.78, 5) is 19.5. The highest BCUT2D eigenvalue weighted by molar-refractivity contribution is 7.22. The summed E-state index contributed by atoms with van der Waals surface area (Å²) in [6.45, 7) is 3.64. The molecule has 6 nitrogen and oxygen atoms in total. The molecule has 3 heterocycles. The third kappa shape index (κ3) is 4.27. The van der Waals surface area contributed by atoms with Crippen molar-refractivity contribution in [2.75, 3.05) is 23.3 Å². The van der Waals surface area contributed by atoms with Crippen LogP contribution in [-0.4, -0.2) is 34.2 Å². The molecule has 0 radical (unpaired) electrons. The molecule has 1 amide bonds. The Hall–Kier alpha value is -3.32. The number of nitrogens with zero attached hydrogens (tertiary/aromatic N) is 4. The number of carbonyl (C=O) groups excluding carboxylic acids is 1. The molecule has 0 bridgehead atoms. The molecule has 4 aromatic rings. The predicted molar refractivity (Wildman–Crippen MR) is 125 cm³/mol. The normalized spacial score (nSPS) is 14.7. The molecular weight excluding hydrogens is 406 g/mol. The standard InChI is InChI=1S/C24H23N5OS/c1-16-7-8-20-21(15-16)31-24(25-20)26-23(30)18-11-13-29(14-12-18)22-10-9-19(27-28-22)17-5-3-2-4-6-17/h2-10,15,18H,11-14H2,1H3,(H,25,26,30). The number of rotatable bonds is 4. The number of nitrogens with one attached hydrogen (secondary N) is 1. The van der Waals surface area contributed by atoms with Gasteiger partial charge in [0, 0.05) is 24.6 Å². The highest BCUT2D eigenvalue weighted by atomic mass is 32.1. The highest BCUT2D eigenvalue weighted by Crippen LogP contribution is 2.29. The number of piperidine rings is 1. The average molecular weight is 430 g/mol. The van der Waals surface area contributed by atoms with Crippen LogP contribution in [-0.2, 0) is 4.79 Å². The van der Waals surface area contributed by atoms with E-state index in [0.29, 0.717) is 5.13 Å². The zero-order valence-electron chi connectivity index (χ0n) is 17.3. The molecule has 1 aliphatic heterocycles. The van der Waals surface area contributed by atoms with Gasteiger partial charge in [-0.05, 0) is 49.6 Å². The lowest BCUT2D eigenvalue weighted by Crippen LogP contribution is -2.38. The van der Waals surface area contributed by atoms with Gasteiger partial charge < -0.3 is 10.2 Å². The van der Waals surface area contributed by atoms with Crippen LogP contribution in [0, 0.1) is 12.8 Å². The molecular formula is C24H23N5OS. The van der Waals surface area contributed by atoms with E-state index in [1.165, 1.54) is 16.9 Å². The van der Waals surface area contributed by atoms with Crippen LogP contribution in [0.2, 0.25) is 0 Å². The van der Waals surface area contributed by atoms with E-state index in [9.17, 15) is 4.79 Å². The molecule has 31 heavy (non-hydrogen) atoms. The van der Waals surface area contributed by atoms with Crippen molar-refractivity contribution in [2.24, 2.45) is 5.92 Å². The smallest absolute Gasteiger partial charge is 0.229 e. The Kier molecular flexibility index (Phi) is 5.34. The fourth-order valence-corrected chi connectivity index (χ4v) is 4.89. The van der Waals surface area contributed by atoms with E-state index in [4.69, 9.17) is 0 Å². The Bertz CT molecular complexity index is 1200. The minimum Gasteiger partial charge on any atom is -0.355 e. The second-order valence-corrected chi connectivity index (χ2v) is 8.91. The molecule has 0 spiro atoms. The van der Waals surface area contributed by atoms with Gasteiger partial charge >= 0.3 is 0 Å². The van der Waals surface area contributed by atoms with Gasteiger partial charge in [-0.15, -0.1) is 10.2 Å². The zero-order chi connectivity index (χ0) is 21.2. The monoisotopic (exact) mass is 429 g/mol. The van der Waals surface area contributed by atoms with Crippen LogP contribution < -0.4 is 10.2 Å². The van der Waals surface area contributed by atoms with Gasteiger partial charge in [0.2, 0.25) is 5.91 Å². The first-order valence-corrected chi connectivity index (χ1v) is 11.3. The largest absolute Gasteiger partial charge is 0.355 e. The summed E-state index contributed by atoms with van der Waals surface area (Å²) >= 11 is 1.53. The summed E-state index contributed by atoms with van der Waals surface area (Å²) < 4.78 is 1.10. The number of anilines is 2. The molecule has 5 rings (SSSR count). The van der Waals surface area contributed by atoms with E-state index in [0.717, 1.165) is 53.2 Å². The molecule has 1 saturated heterocycles. The van der Waals surface area contributed by atoms with Gasteiger partial charge in [0.15, 0.2) is 10.9 Å². The maximum absolute atomic E-state index is 12.8. The van der Waals surface area contributed by atoms with E-state index in [1.54, 1.807) is 0 Å². The highest BCUT2D eigenvalue weighted by Gasteiger charge is 2.26. The van der Waals surface area contributed by atoms with E-state index in [2.05, 4.69) is 38.4 Å². The van der Waals surface area contributed by atoms with Gasteiger partial charge in [0.05, 0.1) is 15.9 Å². The Morgan fingerprint density at radius 3 is 2.58 bits per heavy atom. The minimum absolute atomic E-state index is 0.0125. The van der Waals surface area contributed by atoms with E-state index < -0.39 is 0 Å². The van der Waals surface area contributed by atoms with E-state index >= 15 is 0 Å². The van der Waals surface area contributed by atoms with Crippen molar-refractivity contribution in [3.63, 3.8) is 0 Å². The van der Waals surface area contributed by atoms with Crippen LogP contribution in [0.4, 0.5) is 10.9 Å². The summed E-state index contributed by atoms with van der Waals surface area (Å²) in [6, 6.07) is 20.2. The molecule has 2 aromatic carbocycles. The number of hydrogen-bond donors (Lipinski definition) is 1. The maximum atomic E-state index is 12.8. The lowest BCUT2D eigenvalue weighted by Gasteiger charge is -2.31. The van der Waals surface area contributed by atoms with Gasteiger partial charge in [-0.2, -0.15) is 0 Å². The zero-order valence-corrected chi connectivity index (χ0v) is 18.1. The second kappa shape index (κ2) is 8.43. The molecule has 0 saturated carbocycles. The van der Waals surface area contributed by atoms with Gasteiger partial charge in [0.1, 0.15) is 0 Å². The number of aromatic nitrogens is 3. The Balaban J connectivity index is 1.19. The van der Waals surface area contributed by atoms with Gasteiger partial charge in [0.25, 0.3) is 0 Å². The summed E-state index contributed by atoms with van der Waals surface area (Å²) in [7, 11) is 0. The Morgan fingerprint density at radius 1 is 1.03 bits per heavy atom. The summed E-state index contributed by atoms with van der Waals surface area (Å²) in [6.07, 6.45) is 1.58. The van der Waals surface area contributed by atoms with Crippen LogP contribution >= 0.6 is 11.3 Å². The van der Waals surface area contributed by atoms with Crippen molar-refractivity contribution in [1.82, 2.24) is 15.2 Å². The summed E-state index contributed by atoms with van der Waals surface area (Å²) in [5.74, 6) is 0.905. The number of aryl methyl sites for hydroxylation is 1. The summed E-state index contributed by atoms with van der Waals surface area (Å²) in [5.41, 5.74) is 4.05. The van der Waals surface area contributed by atoms with Crippen molar-refractivity contribution < 1.29 is 4.79 Å². The molecule has 2 aromatic heterocycles. The van der Waals surface area contributed by atoms with Crippen molar-refractivity contribution in [3.8, 4) is 11.3 Å². The quantitative estimate of drug-likeness (QED) is 0.499. The number of fused-ring (bicyclic) bond motifs is 1. The topological polar surface area (TPSA) is 71.0 Å². The number of amides is 1. The third-order valence-electron chi connectivity index (χ3n) is 5.68. The van der Waals surface area contributed by atoms with Crippen LogP contribution in [0.15, 0.2) is 60.7 Å². The first-order chi connectivity index (χ1) is 15.2. The van der Waals surface area contributed by atoms with Crippen LogP contribution in [0.25, 0.3) is 21.5 Å². The van der Waals surface area contributed by atoms with Gasteiger partial charge in [-0.25, -0.2) is 4.98 Å². The van der Waals surface area contributed by atoms with Crippen molar-refractivity contribution >= 4 is 38.4 Å². The Labute approximate surface area is 185 Å². The molecule has 0 aliphatic carbocycles. The lowest BCUT2D eigenvalue weighted by atomic mass is 9.96. The molecule has 7 heteroatoms. The predicted octanol–water partition coefficient (Wildman–Crippen LogP) is 4.92. The average Bonchev–Trinajstić information content (AvgIpc) is 3.21. The van der Waals surface area contributed by atoms with Crippen molar-refractivity contribution in [1.29, 1.82) is 0 Å². The molecule has 1 fully saturated rings. The number of benzene rings is 2. The van der Waals surface area contributed by atoms with Gasteiger partial charge in [-0.3, -0.25) is 4.79 Å². The van der Waals surface area contributed by atoms with Crippen molar-refractivity contribution in [3.05, 3.63) is 66.2 Å². The number of carbonyl (C=O) groups is 1. The molecule has 0 unspecified atom stereocenters. The first kappa shape index (κ1) is 19.6. The van der Waals surface area contributed by atoms with Crippen LogP contribution in [0.5, 0.6) is 0 Å². The van der Waals surface area contributed by atoms with Gasteiger partial charge in [-0.1, -0.05) is 47.7 Å². The van der Waals surface area contributed by atoms with Crippen molar-refractivity contribution in [2.45, 2.75) is 19.8 Å². The summed E-state index contributed by atoms with van der Waals surface area (Å²) in [5, 5.41) is 12.5. The van der Waals surface area contributed by atoms with E-state index in [-0.39, 0.29) is 11.8 Å². The molecule has 1 N–H and O–H groups in total. The second-order valence-electron chi connectivity index (χ2n) is 7.88. The first-order valence-electron chi connectivity index (χ1n) is 10.5. The minimum atomic E-state index is -0.0125. The number of hydrogen-bond acceptors (Lipinski definition) is 6. The van der Waals surface area contributed by atoms with Crippen LogP contribution in [0.1, 0.15) is 18.4 Å². The fraction of sp³-hybridized carbons (Fsp3) is 0.250. The fourth-order valence-electron chi connectivity index (χ4n) is 3.92. The Morgan fingerprint density at radius 2 is 1.84 bits per heavy atom. The molecule has 1 aliphatic rings. The lowest BCUT2D eigenvalue weighted by molar-refractivity contribution is -0.120.